The first-order valence-corrected chi connectivity index (χ1v) is 9.89. The molecule has 4 rings (SSSR count). The second kappa shape index (κ2) is 8.45. The minimum atomic E-state index is 0.0797. The largest absolute Gasteiger partial charge is 0.395 e. The van der Waals surface area contributed by atoms with Crippen molar-refractivity contribution in [3.05, 3.63) is 66.0 Å². The molecule has 1 saturated heterocycles. The van der Waals surface area contributed by atoms with Gasteiger partial charge in [0.2, 0.25) is 5.96 Å². The summed E-state index contributed by atoms with van der Waals surface area (Å²) in [6.45, 7) is 4.49. The van der Waals surface area contributed by atoms with Crippen molar-refractivity contribution in [2.75, 3.05) is 33.3 Å². The maximum absolute atomic E-state index is 9.24. The third-order valence-corrected chi connectivity index (χ3v) is 5.32. The van der Waals surface area contributed by atoms with Crippen molar-refractivity contribution in [1.82, 2.24) is 25.0 Å². The zero-order valence-corrected chi connectivity index (χ0v) is 16.8. The van der Waals surface area contributed by atoms with Crippen LogP contribution in [0.5, 0.6) is 0 Å². The topological polar surface area (TPSA) is 80.6 Å². The zero-order valence-electron chi connectivity index (χ0n) is 16.8. The summed E-state index contributed by atoms with van der Waals surface area (Å²) in [6, 6.07) is 18.9. The smallest absolute Gasteiger partial charge is 0.271 e. The first-order chi connectivity index (χ1) is 14.2. The van der Waals surface area contributed by atoms with Gasteiger partial charge < -0.3 is 14.9 Å². The van der Waals surface area contributed by atoms with E-state index in [2.05, 4.69) is 68.4 Å². The van der Waals surface area contributed by atoms with Gasteiger partial charge in [0.1, 0.15) is 5.82 Å². The molecule has 1 aromatic heterocycles. The van der Waals surface area contributed by atoms with E-state index in [0.717, 1.165) is 24.9 Å². The van der Waals surface area contributed by atoms with Gasteiger partial charge in [-0.3, -0.25) is 5.10 Å². The number of nitrogens with zero attached hydrogens (tertiary/aromatic N) is 5. The first kappa shape index (κ1) is 19.1. The van der Waals surface area contributed by atoms with Crippen LogP contribution in [-0.4, -0.2) is 69.3 Å². The third-order valence-electron chi connectivity index (χ3n) is 5.32. The van der Waals surface area contributed by atoms with Crippen LogP contribution in [0.2, 0.25) is 0 Å². The van der Waals surface area contributed by atoms with Gasteiger partial charge >= 0.3 is 0 Å². The van der Waals surface area contributed by atoms with Gasteiger partial charge in [-0.1, -0.05) is 61.5 Å². The van der Waals surface area contributed by atoms with Crippen LogP contribution in [0, 0.1) is 0 Å². The lowest BCUT2D eigenvalue weighted by atomic mass is 9.97. The lowest BCUT2D eigenvalue weighted by Crippen LogP contribution is -2.33. The maximum Gasteiger partial charge on any atom is 0.271 e. The van der Waals surface area contributed by atoms with Crippen molar-refractivity contribution in [3.8, 4) is 11.1 Å². The summed E-state index contributed by atoms with van der Waals surface area (Å²) in [5.74, 6) is 2.08. The molecule has 1 aliphatic heterocycles. The molecular weight excluding hydrogens is 364 g/mol. The minimum Gasteiger partial charge on any atom is -0.395 e. The number of hydrogen-bond donors (Lipinski definition) is 2. The summed E-state index contributed by atoms with van der Waals surface area (Å²) in [6.07, 6.45) is 0. The summed E-state index contributed by atoms with van der Waals surface area (Å²) in [5, 5.41) is 16.6. The molecule has 2 heterocycles. The lowest BCUT2D eigenvalue weighted by molar-refractivity contribution is 0.257. The van der Waals surface area contributed by atoms with Crippen molar-refractivity contribution in [2.24, 2.45) is 4.99 Å². The van der Waals surface area contributed by atoms with Crippen molar-refractivity contribution in [3.63, 3.8) is 0 Å². The number of hydrogen-bond acceptors (Lipinski definition) is 4. The Labute approximate surface area is 170 Å². The molecule has 1 fully saturated rings. The second-order valence-electron chi connectivity index (χ2n) is 7.27. The van der Waals surface area contributed by atoms with Crippen molar-refractivity contribution >= 4 is 11.9 Å². The molecule has 2 aromatic carbocycles. The SMILES string of the molecule is CC(c1ccc(-c2ccccc2)cc1)c1nc(/N=C2\N(C)CCN2CCO)n[nH]1. The number of aliphatic imine (C=N–C) groups is 1. The van der Waals surface area contributed by atoms with Crippen LogP contribution in [-0.2, 0) is 0 Å². The van der Waals surface area contributed by atoms with Gasteiger partial charge in [0.25, 0.3) is 5.95 Å². The normalized spacial score (nSPS) is 16.6. The molecule has 1 aliphatic rings. The van der Waals surface area contributed by atoms with E-state index in [0.29, 0.717) is 12.5 Å². The van der Waals surface area contributed by atoms with Gasteiger partial charge in [0.15, 0.2) is 0 Å². The Kier molecular flexibility index (Phi) is 5.57. The monoisotopic (exact) mass is 390 g/mol. The third kappa shape index (κ3) is 4.14. The van der Waals surface area contributed by atoms with Gasteiger partial charge in [-0.15, -0.1) is 5.10 Å². The second-order valence-corrected chi connectivity index (χ2v) is 7.27. The van der Waals surface area contributed by atoms with Crippen LogP contribution in [0.4, 0.5) is 5.95 Å². The van der Waals surface area contributed by atoms with Gasteiger partial charge in [0, 0.05) is 32.6 Å². The number of H-pyrrole nitrogens is 1. The fourth-order valence-electron chi connectivity index (χ4n) is 3.55. The molecule has 3 aromatic rings. The van der Waals surface area contributed by atoms with E-state index in [1.54, 1.807) is 0 Å². The Bertz CT molecular complexity index is 964. The van der Waals surface area contributed by atoms with Crippen LogP contribution < -0.4 is 0 Å². The highest BCUT2D eigenvalue weighted by atomic mass is 16.3. The number of aromatic amines is 1. The molecule has 29 heavy (non-hydrogen) atoms. The number of β-amino-alcohol motifs (C(OH)–C–C–N with tert-alkyl or cyclic N) is 1. The molecule has 150 valence electrons. The summed E-state index contributed by atoms with van der Waals surface area (Å²) in [7, 11) is 1.99. The Morgan fingerprint density at radius 1 is 1.07 bits per heavy atom. The van der Waals surface area contributed by atoms with Crippen LogP contribution in [0.25, 0.3) is 11.1 Å². The quantitative estimate of drug-likeness (QED) is 0.676. The van der Waals surface area contributed by atoms with E-state index in [9.17, 15) is 5.11 Å². The maximum atomic E-state index is 9.24. The van der Waals surface area contributed by atoms with E-state index in [4.69, 9.17) is 0 Å². The number of aromatic nitrogens is 3. The number of aliphatic hydroxyl groups excluding tert-OH is 1. The Balaban J connectivity index is 1.51. The summed E-state index contributed by atoms with van der Waals surface area (Å²) >= 11 is 0. The fraction of sp³-hybridized carbons (Fsp3) is 0.318. The molecule has 1 unspecified atom stereocenters. The summed E-state index contributed by atoms with van der Waals surface area (Å²) in [4.78, 5) is 13.3. The van der Waals surface area contributed by atoms with Gasteiger partial charge in [0.05, 0.1) is 6.61 Å². The Morgan fingerprint density at radius 3 is 2.52 bits per heavy atom. The van der Waals surface area contributed by atoms with Crippen LogP contribution >= 0.6 is 0 Å². The summed E-state index contributed by atoms with van der Waals surface area (Å²) < 4.78 is 0. The molecule has 0 spiro atoms. The average molecular weight is 390 g/mol. The molecular formula is C22H26N6O. The van der Waals surface area contributed by atoms with Gasteiger partial charge in [-0.2, -0.15) is 9.98 Å². The standard InChI is InChI=1S/C22H26N6O/c1-16(17-8-10-19(11-9-17)18-6-4-3-5-7-18)20-23-21(26-25-20)24-22-27(2)12-13-28(22)14-15-29/h3-11,16,29H,12-15H2,1-2H3,(H,23,25,26)/b24-22+. The predicted octanol–water partition coefficient (Wildman–Crippen LogP) is 2.85. The Morgan fingerprint density at radius 2 is 1.79 bits per heavy atom. The molecule has 2 N–H and O–H groups in total. The molecule has 0 saturated carbocycles. The predicted molar refractivity (Wildman–Crippen MR) is 114 cm³/mol. The lowest BCUT2D eigenvalue weighted by Gasteiger charge is -2.18. The van der Waals surface area contributed by atoms with E-state index in [-0.39, 0.29) is 12.5 Å². The average Bonchev–Trinajstić information content (AvgIpc) is 3.37. The summed E-state index contributed by atoms with van der Waals surface area (Å²) in [5.41, 5.74) is 3.57. The van der Waals surface area contributed by atoms with E-state index >= 15 is 0 Å². The number of aliphatic hydroxyl groups is 1. The Hall–Kier alpha value is -3.19. The molecule has 1 atom stereocenters. The van der Waals surface area contributed by atoms with Crippen LogP contribution in [0.15, 0.2) is 59.6 Å². The van der Waals surface area contributed by atoms with E-state index < -0.39 is 0 Å². The highest BCUT2D eigenvalue weighted by molar-refractivity contribution is 5.83. The molecule has 0 radical (unpaired) electrons. The number of likely N-dealkylation sites (N-methyl/N-ethyl adjacent to an activating group) is 1. The number of nitrogens with one attached hydrogen (secondary N) is 1. The first-order valence-electron chi connectivity index (χ1n) is 9.89. The zero-order chi connectivity index (χ0) is 20.2. The molecule has 7 heteroatoms. The van der Waals surface area contributed by atoms with Crippen molar-refractivity contribution in [1.29, 1.82) is 0 Å². The van der Waals surface area contributed by atoms with E-state index in [1.165, 1.54) is 16.7 Å². The number of rotatable bonds is 6. The molecule has 0 bridgehead atoms. The molecule has 0 amide bonds. The fourth-order valence-corrected chi connectivity index (χ4v) is 3.55. The van der Waals surface area contributed by atoms with Crippen LogP contribution in [0.3, 0.4) is 0 Å². The van der Waals surface area contributed by atoms with Crippen molar-refractivity contribution in [2.45, 2.75) is 12.8 Å². The highest BCUT2D eigenvalue weighted by Gasteiger charge is 2.24. The number of benzene rings is 2. The minimum absolute atomic E-state index is 0.0797. The van der Waals surface area contributed by atoms with Gasteiger partial charge in [-0.25, -0.2) is 0 Å². The van der Waals surface area contributed by atoms with Crippen molar-refractivity contribution < 1.29 is 5.11 Å². The van der Waals surface area contributed by atoms with E-state index in [1.807, 2.05) is 30.1 Å². The molecule has 0 aliphatic carbocycles. The van der Waals surface area contributed by atoms with Gasteiger partial charge in [-0.05, 0) is 16.7 Å². The highest BCUT2D eigenvalue weighted by Crippen LogP contribution is 2.26. The van der Waals surface area contributed by atoms with Crippen LogP contribution in [0.1, 0.15) is 24.2 Å². The number of guanidine groups is 1. The molecule has 7 nitrogen and oxygen atoms in total.